The maximum absolute atomic E-state index is 11.3. The van der Waals surface area contributed by atoms with Gasteiger partial charge in [-0.2, -0.15) is 0 Å². The molecule has 1 heteroatoms. The third-order valence-electron chi connectivity index (χ3n) is 4.48. The molecule has 2 aromatic rings. The van der Waals surface area contributed by atoms with Crippen LogP contribution in [-0.2, 0) is 5.60 Å². The first-order valence-electron chi connectivity index (χ1n) is 7.59. The predicted molar refractivity (Wildman–Crippen MR) is 89.2 cm³/mol. The average molecular weight is 280 g/mol. The minimum absolute atomic E-state index is 0.0349. The zero-order chi connectivity index (χ0) is 15.3. The Labute approximate surface area is 128 Å². The lowest BCUT2D eigenvalue weighted by Gasteiger charge is -2.38. The molecule has 1 nitrogen and oxygen atoms in total. The fraction of sp³-hybridized carbons (Fsp3) is 0.300. The van der Waals surface area contributed by atoms with E-state index in [1.807, 2.05) is 61.5 Å². The van der Waals surface area contributed by atoms with Crippen molar-refractivity contribution in [1.29, 1.82) is 0 Å². The summed E-state index contributed by atoms with van der Waals surface area (Å²) in [4.78, 5) is 0. The smallest absolute Gasteiger partial charge is 0.0961 e. The zero-order valence-corrected chi connectivity index (χ0v) is 12.9. The van der Waals surface area contributed by atoms with Gasteiger partial charge in [0, 0.05) is 5.92 Å². The van der Waals surface area contributed by atoms with Crippen LogP contribution in [0.4, 0.5) is 0 Å². The Hall–Kier alpha value is -1.86. The molecule has 0 amide bonds. The summed E-state index contributed by atoms with van der Waals surface area (Å²) in [5.41, 5.74) is 1.29. The molecule has 0 aliphatic rings. The average Bonchev–Trinajstić information content (AvgIpc) is 2.56. The molecule has 0 fully saturated rings. The summed E-state index contributed by atoms with van der Waals surface area (Å²) < 4.78 is 0. The van der Waals surface area contributed by atoms with Crippen molar-refractivity contribution in [2.24, 2.45) is 5.92 Å². The molecule has 0 unspecified atom stereocenters. The van der Waals surface area contributed by atoms with Gasteiger partial charge in [-0.05, 0) is 23.5 Å². The lowest BCUT2D eigenvalue weighted by molar-refractivity contribution is -0.0176. The highest BCUT2D eigenvalue weighted by molar-refractivity contribution is 5.29. The first kappa shape index (κ1) is 15.5. The monoisotopic (exact) mass is 280 g/mol. The molecule has 0 heterocycles. The second kappa shape index (κ2) is 6.73. The van der Waals surface area contributed by atoms with E-state index >= 15 is 0 Å². The van der Waals surface area contributed by atoms with Gasteiger partial charge in [0.15, 0.2) is 0 Å². The van der Waals surface area contributed by atoms with E-state index in [0.717, 1.165) is 5.56 Å². The highest BCUT2D eigenvalue weighted by Crippen LogP contribution is 2.41. The number of hydrogen-bond acceptors (Lipinski definition) is 1. The molecule has 0 saturated heterocycles. The molecule has 21 heavy (non-hydrogen) atoms. The Kier molecular flexibility index (Phi) is 4.98. The summed E-state index contributed by atoms with van der Waals surface area (Å²) in [7, 11) is 0. The van der Waals surface area contributed by atoms with E-state index in [-0.39, 0.29) is 11.8 Å². The quantitative estimate of drug-likeness (QED) is 0.747. The molecule has 0 aromatic heterocycles. The van der Waals surface area contributed by atoms with Crippen LogP contribution in [-0.4, -0.2) is 5.11 Å². The molecule has 110 valence electrons. The molecular formula is C20H24O. The lowest BCUT2D eigenvalue weighted by Crippen LogP contribution is -2.36. The van der Waals surface area contributed by atoms with Crippen LogP contribution in [0.5, 0.6) is 0 Å². The summed E-state index contributed by atoms with van der Waals surface area (Å²) in [5.74, 6) is 0.168. The minimum Gasteiger partial charge on any atom is -0.385 e. The van der Waals surface area contributed by atoms with Crippen molar-refractivity contribution in [3.05, 3.63) is 84.4 Å². The number of benzene rings is 2. The van der Waals surface area contributed by atoms with Crippen molar-refractivity contribution in [2.45, 2.75) is 31.8 Å². The third-order valence-corrected chi connectivity index (χ3v) is 4.48. The van der Waals surface area contributed by atoms with Gasteiger partial charge in [0.1, 0.15) is 0 Å². The van der Waals surface area contributed by atoms with E-state index in [1.165, 1.54) is 5.56 Å². The molecule has 3 atom stereocenters. The Balaban J connectivity index is 2.41. The van der Waals surface area contributed by atoms with Gasteiger partial charge < -0.3 is 5.11 Å². The van der Waals surface area contributed by atoms with Crippen LogP contribution in [0.1, 0.15) is 37.3 Å². The Morgan fingerprint density at radius 1 is 1.05 bits per heavy atom. The van der Waals surface area contributed by atoms with E-state index in [1.54, 1.807) is 0 Å². The van der Waals surface area contributed by atoms with Crippen molar-refractivity contribution in [2.75, 3.05) is 0 Å². The van der Waals surface area contributed by atoms with Crippen molar-refractivity contribution >= 4 is 0 Å². The van der Waals surface area contributed by atoms with Gasteiger partial charge in [0.05, 0.1) is 5.60 Å². The Morgan fingerprint density at radius 3 is 2.05 bits per heavy atom. The van der Waals surface area contributed by atoms with Crippen LogP contribution in [0.2, 0.25) is 0 Å². The van der Waals surface area contributed by atoms with Crippen molar-refractivity contribution in [3.8, 4) is 0 Å². The molecule has 2 rings (SSSR count). The van der Waals surface area contributed by atoms with Gasteiger partial charge in [-0.3, -0.25) is 0 Å². The lowest BCUT2D eigenvalue weighted by atomic mass is 9.71. The van der Waals surface area contributed by atoms with E-state index in [9.17, 15) is 5.11 Å². The first-order valence-corrected chi connectivity index (χ1v) is 7.59. The summed E-state index contributed by atoms with van der Waals surface area (Å²) >= 11 is 0. The van der Waals surface area contributed by atoms with Crippen LogP contribution < -0.4 is 0 Å². The van der Waals surface area contributed by atoms with E-state index < -0.39 is 5.60 Å². The maximum atomic E-state index is 11.3. The second-order valence-electron chi connectivity index (χ2n) is 5.60. The zero-order valence-electron chi connectivity index (χ0n) is 12.9. The second-order valence-corrected chi connectivity index (χ2v) is 5.60. The molecule has 1 N–H and O–H groups in total. The van der Waals surface area contributed by atoms with Crippen molar-refractivity contribution < 1.29 is 5.11 Å². The summed E-state index contributed by atoms with van der Waals surface area (Å²) in [6.07, 6.45) is 2.55. The van der Waals surface area contributed by atoms with Crippen LogP contribution in [0.15, 0.2) is 73.3 Å². The van der Waals surface area contributed by atoms with Crippen LogP contribution in [0, 0.1) is 5.92 Å². The third kappa shape index (κ3) is 3.08. The van der Waals surface area contributed by atoms with Crippen molar-refractivity contribution in [3.63, 3.8) is 0 Å². The molecule has 0 bridgehead atoms. The largest absolute Gasteiger partial charge is 0.385 e. The van der Waals surface area contributed by atoms with Crippen molar-refractivity contribution in [1.82, 2.24) is 0 Å². The standard InChI is InChI=1S/C20H24O/c1-4-19(16(3)17-12-8-6-9-13-17)20(21,5-2)18-14-10-7-11-15-18/h4,6-16,19,21H,1,5H2,2-3H3/t16-,19+,20+/m0/s1. The molecule has 2 aromatic carbocycles. The normalized spacial score (nSPS) is 16.7. The van der Waals surface area contributed by atoms with Gasteiger partial charge in [0.25, 0.3) is 0 Å². The maximum Gasteiger partial charge on any atom is 0.0961 e. The summed E-state index contributed by atoms with van der Waals surface area (Å²) in [5, 5.41) is 11.3. The Bertz CT molecular complexity index is 561. The van der Waals surface area contributed by atoms with E-state index in [0.29, 0.717) is 6.42 Å². The number of rotatable bonds is 6. The Morgan fingerprint density at radius 2 is 1.57 bits per heavy atom. The molecule has 0 aliphatic heterocycles. The highest BCUT2D eigenvalue weighted by atomic mass is 16.3. The van der Waals surface area contributed by atoms with Crippen LogP contribution in [0.3, 0.4) is 0 Å². The topological polar surface area (TPSA) is 20.2 Å². The van der Waals surface area contributed by atoms with Gasteiger partial charge in [-0.25, -0.2) is 0 Å². The van der Waals surface area contributed by atoms with Gasteiger partial charge in [0.2, 0.25) is 0 Å². The fourth-order valence-electron chi connectivity index (χ4n) is 3.14. The number of hydrogen-bond donors (Lipinski definition) is 1. The van der Waals surface area contributed by atoms with Crippen LogP contribution >= 0.6 is 0 Å². The SMILES string of the molecule is C=C[C@H]([C@@H](C)c1ccccc1)[C@@](O)(CC)c1ccccc1. The molecule has 0 aliphatic carbocycles. The van der Waals surface area contributed by atoms with Gasteiger partial charge in [-0.1, -0.05) is 80.6 Å². The van der Waals surface area contributed by atoms with Gasteiger partial charge >= 0.3 is 0 Å². The molecule has 0 saturated carbocycles. The first-order chi connectivity index (χ1) is 10.1. The van der Waals surface area contributed by atoms with E-state index in [4.69, 9.17) is 0 Å². The van der Waals surface area contributed by atoms with Gasteiger partial charge in [-0.15, -0.1) is 6.58 Å². The fourth-order valence-corrected chi connectivity index (χ4v) is 3.14. The predicted octanol–water partition coefficient (Wildman–Crippen LogP) is 4.89. The highest BCUT2D eigenvalue weighted by Gasteiger charge is 2.38. The molecular weight excluding hydrogens is 256 g/mol. The van der Waals surface area contributed by atoms with Crippen LogP contribution in [0.25, 0.3) is 0 Å². The summed E-state index contributed by atoms with van der Waals surface area (Å²) in [6, 6.07) is 20.2. The summed E-state index contributed by atoms with van der Waals surface area (Å²) in [6.45, 7) is 8.17. The minimum atomic E-state index is -0.891. The molecule has 0 radical (unpaired) electrons. The van der Waals surface area contributed by atoms with E-state index in [2.05, 4.69) is 25.6 Å². The number of aliphatic hydroxyl groups is 1. The molecule has 0 spiro atoms.